The van der Waals surface area contributed by atoms with Gasteiger partial charge in [0, 0.05) is 7.05 Å². The second kappa shape index (κ2) is 5.86. The molecule has 0 heterocycles. The summed E-state index contributed by atoms with van der Waals surface area (Å²) in [6.45, 7) is 1.58. The molecule has 0 spiro atoms. The fraction of sp³-hybridized carbons (Fsp3) is 0.818. The van der Waals surface area contributed by atoms with Gasteiger partial charge in [0.2, 0.25) is 5.91 Å². The molecule has 1 saturated carbocycles. The molecule has 0 aromatic heterocycles. The standard InChI is InChI=1S/C11H21N3O3/c1-7(13-11(12)17)10(16)14(2)8-5-3-4-6-9(8)15/h7-9,15H,3-6H2,1-2H3,(H3,12,13,17). The predicted molar refractivity (Wildman–Crippen MR) is 63.2 cm³/mol. The smallest absolute Gasteiger partial charge is 0.312 e. The third kappa shape index (κ3) is 3.59. The normalized spacial score (nSPS) is 26.1. The van der Waals surface area contributed by atoms with E-state index in [1.165, 1.54) is 4.90 Å². The molecule has 3 unspecified atom stereocenters. The van der Waals surface area contributed by atoms with Crippen LogP contribution in [0.15, 0.2) is 0 Å². The molecule has 3 atom stereocenters. The summed E-state index contributed by atoms with van der Waals surface area (Å²) in [6, 6.07) is -1.54. The van der Waals surface area contributed by atoms with Crippen molar-refractivity contribution in [3.8, 4) is 0 Å². The Balaban J connectivity index is 2.58. The molecule has 0 aromatic carbocycles. The number of likely N-dealkylation sites (N-methyl/N-ethyl adjacent to an activating group) is 1. The lowest BCUT2D eigenvalue weighted by atomic mass is 9.91. The zero-order valence-electron chi connectivity index (χ0n) is 10.3. The van der Waals surface area contributed by atoms with E-state index in [1.807, 2.05) is 0 Å². The lowest BCUT2D eigenvalue weighted by molar-refractivity contribution is -0.136. The van der Waals surface area contributed by atoms with Crippen LogP contribution in [0.25, 0.3) is 0 Å². The molecule has 6 nitrogen and oxygen atoms in total. The Bertz CT molecular complexity index is 296. The highest BCUT2D eigenvalue weighted by Gasteiger charge is 2.31. The summed E-state index contributed by atoms with van der Waals surface area (Å²) in [7, 11) is 1.65. The van der Waals surface area contributed by atoms with Crippen LogP contribution in [-0.4, -0.2) is 47.2 Å². The Labute approximate surface area is 101 Å². The first-order valence-electron chi connectivity index (χ1n) is 5.94. The number of rotatable bonds is 3. The number of nitrogens with one attached hydrogen (secondary N) is 1. The first kappa shape index (κ1) is 13.8. The number of hydrogen-bond acceptors (Lipinski definition) is 3. The lowest BCUT2D eigenvalue weighted by Gasteiger charge is -2.36. The van der Waals surface area contributed by atoms with Crippen molar-refractivity contribution in [1.82, 2.24) is 10.2 Å². The number of nitrogens with zero attached hydrogens (tertiary/aromatic N) is 1. The number of hydrogen-bond donors (Lipinski definition) is 3. The zero-order chi connectivity index (χ0) is 13.0. The molecule has 17 heavy (non-hydrogen) atoms. The Hall–Kier alpha value is -1.30. The molecule has 3 amide bonds. The minimum absolute atomic E-state index is 0.159. The van der Waals surface area contributed by atoms with E-state index in [1.54, 1.807) is 14.0 Å². The van der Waals surface area contributed by atoms with Crippen molar-refractivity contribution in [2.24, 2.45) is 5.73 Å². The first-order valence-corrected chi connectivity index (χ1v) is 5.94. The van der Waals surface area contributed by atoms with E-state index in [-0.39, 0.29) is 11.9 Å². The van der Waals surface area contributed by atoms with Gasteiger partial charge in [-0.05, 0) is 19.8 Å². The van der Waals surface area contributed by atoms with Crippen molar-refractivity contribution in [2.75, 3.05) is 7.05 Å². The molecular formula is C11H21N3O3. The van der Waals surface area contributed by atoms with Gasteiger partial charge >= 0.3 is 6.03 Å². The molecule has 1 aliphatic carbocycles. The van der Waals surface area contributed by atoms with Crippen LogP contribution in [0.4, 0.5) is 4.79 Å². The maximum absolute atomic E-state index is 12.0. The summed E-state index contributed by atoms with van der Waals surface area (Å²) in [5.74, 6) is -0.227. The van der Waals surface area contributed by atoms with Gasteiger partial charge in [0.15, 0.2) is 0 Å². The van der Waals surface area contributed by atoms with Gasteiger partial charge in [-0.15, -0.1) is 0 Å². The molecule has 98 valence electrons. The molecule has 0 aromatic rings. The fourth-order valence-corrected chi connectivity index (χ4v) is 2.29. The van der Waals surface area contributed by atoms with Crippen molar-refractivity contribution >= 4 is 11.9 Å². The van der Waals surface area contributed by atoms with Gasteiger partial charge < -0.3 is 21.1 Å². The summed E-state index contributed by atoms with van der Waals surface area (Å²) in [6.07, 6.45) is 3.05. The van der Waals surface area contributed by atoms with Gasteiger partial charge in [0.1, 0.15) is 6.04 Å². The summed E-state index contributed by atoms with van der Waals surface area (Å²) in [5, 5.41) is 12.2. The van der Waals surface area contributed by atoms with E-state index < -0.39 is 18.2 Å². The maximum atomic E-state index is 12.0. The van der Waals surface area contributed by atoms with E-state index >= 15 is 0 Å². The highest BCUT2D eigenvalue weighted by molar-refractivity contribution is 5.86. The van der Waals surface area contributed by atoms with Gasteiger partial charge in [0.25, 0.3) is 0 Å². The molecule has 6 heteroatoms. The van der Waals surface area contributed by atoms with Crippen LogP contribution >= 0.6 is 0 Å². The van der Waals surface area contributed by atoms with Crippen LogP contribution in [0.5, 0.6) is 0 Å². The number of carbonyl (C=O) groups is 2. The highest BCUT2D eigenvalue weighted by atomic mass is 16.3. The van der Waals surface area contributed by atoms with Crippen molar-refractivity contribution < 1.29 is 14.7 Å². The number of aliphatic hydroxyl groups is 1. The molecule has 0 radical (unpaired) electrons. The van der Waals surface area contributed by atoms with Gasteiger partial charge in [-0.2, -0.15) is 0 Å². The van der Waals surface area contributed by atoms with Crippen molar-refractivity contribution in [1.29, 1.82) is 0 Å². The molecule has 1 rings (SSSR count). The summed E-state index contributed by atoms with van der Waals surface area (Å²) < 4.78 is 0. The largest absolute Gasteiger partial charge is 0.391 e. The number of urea groups is 1. The fourth-order valence-electron chi connectivity index (χ4n) is 2.29. The summed E-state index contributed by atoms with van der Waals surface area (Å²) >= 11 is 0. The second-order valence-corrected chi connectivity index (χ2v) is 4.60. The first-order chi connectivity index (χ1) is 7.93. The molecule has 0 saturated heterocycles. The minimum atomic E-state index is -0.719. The molecule has 0 aliphatic heterocycles. The average molecular weight is 243 g/mol. The second-order valence-electron chi connectivity index (χ2n) is 4.60. The highest BCUT2D eigenvalue weighted by Crippen LogP contribution is 2.22. The maximum Gasteiger partial charge on any atom is 0.312 e. The van der Waals surface area contributed by atoms with E-state index in [9.17, 15) is 14.7 Å². The van der Waals surface area contributed by atoms with Crippen LogP contribution in [-0.2, 0) is 4.79 Å². The third-order valence-electron chi connectivity index (χ3n) is 3.27. The molecule has 4 N–H and O–H groups in total. The van der Waals surface area contributed by atoms with E-state index in [0.717, 1.165) is 25.7 Å². The summed E-state index contributed by atoms with van der Waals surface area (Å²) in [5.41, 5.74) is 4.97. The SMILES string of the molecule is CC(NC(N)=O)C(=O)N(C)C1CCCCC1O. The molecular weight excluding hydrogens is 222 g/mol. The van der Waals surface area contributed by atoms with Crippen LogP contribution < -0.4 is 11.1 Å². The number of nitrogens with two attached hydrogens (primary N) is 1. The van der Waals surface area contributed by atoms with Gasteiger partial charge in [-0.3, -0.25) is 4.79 Å². The van der Waals surface area contributed by atoms with Crippen LogP contribution in [0.1, 0.15) is 32.6 Å². The van der Waals surface area contributed by atoms with Crippen molar-refractivity contribution in [3.63, 3.8) is 0 Å². The van der Waals surface area contributed by atoms with Crippen molar-refractivity contribution in [2.45, 2.75) is 50.8 Å². The Morgan fingerprint density at radius 2 is 2.00 bits per heavy atom. The molecule has 0 bridgehead atoms. The zero-order valence-corrected chi connectivity index (χ0v) is 10.3. The van der Waals surface area contributed by atoms with Gasteiger partial charge in [0.05, 0.1) is 12.1 Å². The Kier molecular flexibility index (Phi) is 4.74. The van der Waals surface area contributed by atoms with Gasteiger partial charge in [-0.25, -0.2) is 4.79 Å². The van der Waals surface area contributed by atoms with Crippen LogP contribution in [0, 0.1) is 0 Å². The quantitative estimate of drug-likeness (QED) is 0.640. The Morgan fingerprint density at radius 3 is 2.53 bits per heavy atom. The summed E-state index contributed by atoms with van der Waals surface area (Å²) in [4.78, 5) is 24.2. The number of aliphatic hydroxyl groups excluding tert-OH is 1. The number of carbonyl (C=O) groups excluding carboxylic acids is 2. The Morgan fingerprint density at radius 1 is 1.41 bits per heavy atom. The van der Waals surface area contributed by atoms with Crippen molar-refractivity contribution in [3.05, 3.63) is 0 Å². The third-order valence-corrected chi connectivity index (χ3v) is 3.27. The monoisotopic (exact) mass is 243 g/mol. The number of amides is 3. The van der Waals surface area contributed by atoms with Gasteiger partial charge in [-0.1, -0.05) is 12.8 Å². The number of primary amides is 1. The van der Waals surface area contributed by atoms with E-state index in [2.05, 4.69) is 5.32 Å². The van der Waals surface area contributed by atoms with E-state index in [0.29, 0.717) is 0 Å². The van der Waals surface area contributed by atoms with Crippen LogP contribution in [0.2, 0.25) is 0 Å². The minimum Gasteiger partial charge on any atom is -0.391 e. The van der Waals surface area contributed by atoms with E-state index in [4.69, 9.17) is 5.73 Å². The average Bonchev–Trinajstić information content (AvgIpc) is 2.27. The molecule has 1 fully saturated rings. The molecule has 1 aliphatic rings. The predicted octanol–water partition coefficient (Wildman–Crippen LogP) is -0.195. The topological polar surface area (TPSA) is 95.7 Å². The van der Waals surface area contributed by atoms with Crippen LogP contribution in [0.3, 0.4) is 0 Å². The lowest BCUT2D eigenvalue weighted by Crippen LogP contribution is -2.53.